The SMILES string of the molecule is CCN1CCC[C@@H]1c1ccc(SC)nc1. The lowest BCUT2D eigenvalue weighted by Gasteiger charge is -2.22. The van der Waals surface area contributed by atoms with Crippen LogP contribution in [0.3, 0.4) is 0 Å². The van der Waals surface area contributed by atoms with E-state index in [0.29, 0.717) is 6.04 Å². The summed E-state index contributed by atoms with van der Waals surface area (Å²) >= 11 is 1.70. The molecule has 0 unspecified atom stereocenters. The highest BCUT2D eigenvalue weighted by atomic mass is 32.2. The van der Waals surface area contributed by atoms with Crippen LogP contribution in [0, 0.1) is 0 Å². The zero-order chi connectivity index (χ0) is 10.7. The third kappa shape index (κ3) is 2.34. The van der Waals surface area contributed by atoms with E-state index in [9.17, 15) is 0 Å². The van der Waals surface area contributed by atoms with Crippen molar-refractivity contribution in [2.24, 2.45) is 0 Å². The number of nitrogens with zero attached hydrogens (tertiary/aromatic N) is 2. The van der Waals surface area contributed by atoms with Crippen LogP contribution >= 0.6 is 11.8 Å². The van der Waals surface area contributed by atoms with Gasteiger partial charge in [-0.25, -0.2) is 4.98 Å². The molecule has 0 saturated carbocycles. The highest BCUT2D eigenvalue weighted by Crippen LogP contribution is 2.31. The second kappa shape index (κ2) is 4.99. The highest BCUT2D eigenvalue weighted by Gasteiger charge is 2.24. The highest BCUT2D eigenvalue weighted by molar-refractivity contribution is 7.98. The maximum Gasteiger partial charge on any atom is 0.0957 e. The van der Waals surface area contributed by atoms with Gasteiger partial charge < -0.3 is 0 Å². The van der Waals surface area contributed by atoms with Gasteiger partial charge in [0.15, 0.2) is 0 Å². The standard InChI is InChI=1S/C12H18N2S/c1-3-14-8-4-5-11(14)10-6-7-12(15-2)13-9-10/h6-7,9,11H,3-5,8H2,1-2H3/t11-/m1/s1. The summed E-state index contributed by atoms with van der Waals surface area (Å²) in [4.78, 5) is 6.98. The third-order valence-electron chi connectivity index (χ3n) is 3.12. The maximum atomic E-state index is 4.45. The monoisotopic (exact) mass is 222 g/mol. The predicted octanol–water partition coefficient (Wildman–Crippen LogP) is 2.96. The second-order valence-electron chi connectivity index (χ2n) is 3.92. The summed E-state index contributed by atoms with van der Waals surface area (Å²) in [5.74, 6) is 0. The lowest BCUT2D eigenvalue weighted by molar-refractivity contribution is 0.271. The molecule has 1 atom stereocenters. The Morgan fingerprint density at radius 3 is 3.00 bits per heavy atom. The molecule has 2 heterocycles. The fourth-order valence-corrected chi connectivity index (χ4v) is 2.65. The zero-order valence-corrected chi connectivity index (χ0v) is 10.3. The fourth-order valence-electron chi connectivity index (χ4n) is 2.29. The van der Waals surface area contributed by atoms with Crippen molar-refractivity contribution in [1.82, 2.24) is 9.88 Å². The summed E-state index contributed by atoms with van der Waals surface area (Å²) in [5, 5.41) is 1.11. The lowest BCUT2D eigenvalue weighted by atomic mass is 10.1. The minimum atomic E-state index is 0.610. The summed E-state index contributed by atoms with van der Waals surface area (Å²) in [6, 6.07) is 4.97. The molecule has 0 aromatic carbocycles. The van der Waals surface area contributed by atoms with Crippen LogP contribution in [0.15, 0.2) is 23.4 Å². The first-order valence-corrected chi connectivity index (χ1v) is 6.81. The van der Waals surface area contributed by atoms with Gasteiger partial charge in [0.2, 0.25) is 0 Å². The van der Waals surface area contributed by atoms with E-state index in [2.05, 4.69) is 35.2 Å². The maximum absolute atomic E-state index is 4.45. The van der Waals surface area contributed by atoms with E-state index in [1.165, 1.54) is 24.9 Å². The number of rotatable bonds is 3. The van der Waals surface area contributed by atoms with Crippen molar-refractivity contribution in [1.29, 1.82) is 0 Å². The Kier molecular flexibility index (Phi) is 3.65. The molecule has 1 aliphatic heterocycles. The number of pyridine rings is 1. The Labute approximate surface area is 96.1 Å². The molecule has 1 aliphatic rings. The van der Waals surface area contributed by atoms with Gasteiger partial charge >= 0.3 is 0 Å². The molecule has 0 radical (unpaired) electrons. The molecule has 1 fully saturated rings. The summed E-state index contributed by atoms with van der Waals surface area (Å²) < 4.78 is 0. The molecule has 1 aromatic rings. The molecule has 2 nitrogen and oxygen atoms in total. The molecule has 0 N–H and O–H groups in total. The second-order valence-corrected chi connectivity index (χ2v) is 4.75. The molecule has 1 saturated heterocycles. The molecule has 82 valence electrons. The van der Waals surface area contributed by atoms with Gasteiger partial charge in [-0.1, -0.05) is 13.0 Å². The van der Waals surface area contributed by atoms with E-state index < -0.39 is 0 Å². The van der Waals surface area contributed by atoms with Gasteiger partial charge in [-0.2, -0.15) is 0 Å². The average molecular weight is 222 g/mol. The number of hydrogen-bond donors (Lipinski definition) is 0. The van der Waals surface area contributed by atoms with Crippen molar-refractivity contribution in [3.05, 3.63) is 23.9 Å². The van der Waals surface area contributed by atoms with Crippen molar-refractivity contribution in [2.45, 2.75) is 30.8 Å². The van der Waals surface area contributed by atoms with Gasteiger partial charge in [-0.3, -0.25) is 4.90 Å². The smallest absolute Gasteiger partial charge is 0.0957 e. The summed E-state index contributed by atoms with van der Waals surface area (Å²) in [7, 11) is 0. The minimum absolute atomic E-state index is 0.610. The Hall–Kier alpha value is -0.540. The van der Waals surface area contributed by atoms with E-state index in [-0.39, 0.29) is 0 Å². The molecule has 2 rings (SSSR count). The van der Waals surface area contributed by atoms with Crippen LogP contribution in [0.25, 0.3) is 0 Å². The van der Waals surface area contributed by atoms with Crippen LogP contribution in [-0.4, -0.2) is 29.2 Å². The number of likely N-dealkylation sites (tertiary alicyclic amines) is 1. The topological polar surface area (TPSA) is 16.1 Å². The van der Waals surface area contributed by atoms with Crippen LogP contribution in [0.1, 0.15) is 31.4 Å². The van der Waals surface area contributed by atoms with Gasteiger partial charge in [0.1, 0.15) is 0 Å². The summed E-state index contributed by atoms with van der Waals surface area (Å²) in [6.07, 6.45) is 6.72. The Balaban J connectivity index is 2.14. The minimum Gasteiger partial charge on any atom is -0.297 e. The third-order valence-corrected chi connectivity index (χ3v) is 3.78. The van der Waals surface area contributed by atoms with Crippen LogP contribution in [0.5, 0.6) is 0 Å². The zero-order valence-electron chi connectivity index (χ0n) is 9.44. The van der Waals surface area contributed by atoms with Crippen LogP contribution in [-0.2, 0) is 0 Å². The van der Waals surface area contributed by atoms with Crippen LogP contribution in [0.2, 0.25) is 0 Å². The van der Waals surface area contributed by atoms with Crippen LogP contribution in [0.4, 0.5) is 0 Å². The van der Waals surface area contributed by atoms with Crippen molar-refractivity contribution in [3.63, 3.8) is 0 Å². The van der Waals surface area contributed by atoms with Gasteiger partial charge in [0, 0.05) is 12.2 Å². The van der Waals surface area contributed by atoms with Gasteiger partial charge in [-0.15, -0.1) is 11.8 Å². The first kappa shape index (κ1) is 11.0. The first-order chi connectivity index (χ1) is 7.35. The van der Waals surface area contributed by atoms with E-state index in [1.54, 1.807) is 11.8 Å². The van der Waals surface area contributed by atoms with E-state index >= 15 is 0 Å². The molecular weight excluding hydrogens is 204 g/mol. The number of aromatic nitrogens is 1. The largest absolute Gasteiger partial charge is 0.297 e. The molecule has 15 heavy (non-hydrogen) atoms. The Bertz CT molecular complexity index is 310. The van der Waals surface area contributed by atoms with E-state index in [1.807, 2.05) is 6.20 Å². The normalized spacial score (nSPS) is 22.1. The molecular formula is C12H18N2S. The Morgan fingerprint density at radius 2 is 2.40 bits per heavy atom. The molecule has 0 amide bonds. The fraction of sp³-hybridized carbons (Fsp3) is 0.583. The Morgan fingerprint density at radius 1 is 1.53 bits per heavy atom. The lowest BCUT2D eigenvalue weighted by Crippen LogP contribution is -2.22. The van der Waals surface area contributed by atoms with Crippen molar-refractivity contribution in [2.75, 3.05) is 19.3 Å². The molecule has 1 aromatic heterocycles. The molecule has 0 aliphatic carbocycles. The number of thioether (sulfide) groups is 1. The number of hydrogen-bond acceptors (Lipinski definition) is 3. The van der Waals surface area contributed by atoms with Crippen molar-refractivity contribution < 1.29 is 0 Å². The average Bonchev–Trinajstić information content (AvgIpc) is 2.77. The molecule has 0 spiro atoms. The summed E-state index contributed by atoms with van der Waals surface area (Å²) in [5.41, 5.74) is 1.38. The van der Waals surface area contributed by atoms with Gasteiger partial charge in [0.05, 0.1) is 5.03 Å². The first-order valence-electron chi connectivity index (χ1n) is 5.59. The molecule has 3 heteroatoms. The predicted molar refractivity (Wildman–Crippen MR) is 65.2 cm³/mol. The van der Waals surface area contributed by atoms with Gasteiger partial charge in [-0.05, 0) is 43.8 Å². The van der Waals surface area contributed by atoms with Crippen molar-refractivity contribution >= 4 is 11.8 Å². The van der Waals surface area contributed by atoms with Crippen LogP contribution < -0.4 is 0 Å². The molecule has 0 bridgehead atoms. The van der Waals surface area contributed by atoms with Gasteiger partial charge in [0.25, 0.3) is 0 Å². The summed E-state index contributed by atoms with van der Waals surface area (Å²) in [6.45, 7) is 4.63. The van der Waals surface area contributed by atoms with Crippen molar-refractivity contribution in [3.8, 4) is 0 Å². The quantitative estimate of drug-likeness (QED) is 0.731. The van der Waals surface area contributed by atoms with E-state index in [4.69, 9.17) is 0 Å². The van der Waals surface area contributed by atoms with E-state index in [0.717, 1.165) is 11.6 Å².